The maximum absolute atomic E-state index is 12.1. The summed E-state index contributed by atoms with van der Waals surface area (Å²) in [7, 11) is 0. The number of rotatable bonds is 8. The lowest BCUT2D eigenvalue weighted by molar-refractivity contribution is -0.148. The smallest absolute Gasteiger partial charge is 0.310 e. The molecule has 3 rings (SSSR count). The van der Waals surface area contributed by atoms with Crippen LogP contribution in [0.1, 0.15) is 55.2 Å². The molecule has 7 heteroatoms. The Morgan fingerprint density at radius 3 is 2.57 bits per heavy atom. The number of carbonyl (C=O) groups excluding carboxylic acids is 2. The first-order valence-corrected chi connectivity index (χ1v) is 10.5. The molecule has 30 heavy (non-hydrogen) atoms. The minimum Gasteiger partial charge on any atom is -0.489 e. The summed E-state index contributed by atoms with van der Waals surface area (Å²) >= 11 is 0. The number of ether oxygens (including phenoxy) is 2. The van der Waals surface area contributed by atoms with E-state index in [1.807, 2.05) is 26.0 Å². The molecule has 1 saturated carbocycles. The summed E-state index contributed by atoms with van der Waals surface area (Å²) in [6, 6.07) is 7.42. The van der Waals surface area contributed by atoms with Crippen LogP contribution in [0.4, 0.5) is 0 Å². The largest absolute Gasteiger partial charge is 0.489 e. The van der Waals surface area contributed by atoms with Crippen molar-refractivity contribution in [3.05, 3.63) is 46.8 Å². The fourth-order valence-corrected chi connectivity index (χ4v) is 3.71. The average molecular weight is 415 g/mol. The van der Waals surface area contributed by atoms with Gasteiger partial charge in [0, 0.05) is 6.04 Å². The average Bonchev–Trinajstić information content (AvgIpc) is 3.05. The van der Waals surface area contributed by atoms with Crippen molar-refractivity contribution < 1.29 is 23.6 Å². The molecular weight excluding hydrogens is 384 g/mol. The van der Waals surface area contributed by atoms with Crippen LogP contribution < -0.4 is 10.1 Å². The molecule has 0 unspecified atom stereocenters. The third-order valence-corrected chi connectivity index (χ3v) is 5.66. The van der Waals surface area contributed by atoms with Gasteiger partial charge in [-0.15, -0.1) is 0 Å². The Morgan fingerprint density at radius 2 is 1.90 bits per heavy atom. The SMILES string of the molecule is Cc1noc(C)c1COc1ccc(CC(=O)OCC(=O)N[C@H]2CCCC[C@H]2C)cc1. The number of esters is 1. The summed E-state index contributed by atoms with van der Waals surface area (Å²) in [5.41, 5.74) is 2.54. The standard InChI is InChI=1S/C23H30N2O5/c1-15-6-4-5-7-21(15)24-22(26)14-29-23(27)12-18-8-10-19(11-9-18)28-13-20-16(2)25-30-17(20)3/h8-11,15,21H,4-7,12-14H2,1-3H3,(H,24,26)/t15-,21+/m1/s1. The van der Waals surface area contributed by atoms with Crippen molar-refractivity contribution in [2.75, 3.05) is 6.61 Å². The van der Waals surface area contributed by atoms with E-state index in [2.05, 4.69) is 17.4 Å². The molecule has 7 nitrogen and oxygen atoms in total. The Labute approximate surface area is 177 Å². The second kappa shape index (κ2) is 10.3. The number of nitrogens with zero attached hydrogens (tertiary/aromatic N) is 1. The molecular formula is C23H30N2O5. The molecule has 1 amide bonds. The molecule has 1 aliphatic rings. The van der Waals surface area contributed by atoms with E-state index >= 15 is 0 Å². The van der Waals surface area contributed by atoms with Crippen molar-refractivity contribution in [3.63, 3.8) is 0 Å². The number of hydrogen-bond acceptors (Lipinski definition) is 6. The maximum Gasteiger partial charge on any atom is 0.310 e. The normalized spacial score (nSPS) is 18.6. The van der Waals surface area contributed by atoms with Gasteiger partial charge in [-0.2, -0.15) is 0 Å². The summed E-state index contributed by atoms with van der Waals surface area (Å²) in [5.74, 6) is 1.25. The molecule has 0 radical (unpaired) electrons. The van der Waals surface area contributed by atoms with Gasteiger partial charge in [0.05, 0.1) is 17.7 Å². The van der Waals surface area contributed by atoms with E-state index in [1.54, 1.807) is 12.1 Å². The zero-order chi connectivity index (χ0) is 21.5. The van der Waals surface area contributed by atoms with Crippen molar-refractivity contribution in [1.82, 2.24) is 10.5 Å². The minimum absolute atomic E-state index is 0.108. The summed E-state index contributed by atoms with van der Waals surface area (Å²) in [4.78, 5) is 24.1. The molecule has 0 bridgehead atoms. The highest BCUT2D eigenvalue weighted by Crippen LogP contribution is 2.23. The monoisotopic (exact) mass is 414 g/mol. The lowest BCUT2D eigenvalue weighted by Gasteiger charge is -2.29. The highest BCUT2D eigenvalue weighted by Gasteiger charge is 2.23. The molecule has 162 valence electrons. The van der Waals surface area contributed by atoms with E-state index < -0.39 is 5.97 Å². The van der Waals surface area contributed by atoms with Gasteiger partial charge in [0.1, 0.15) is 18.1 Å². The zero-order valence-corrected chi connectivity index (χ0v) is 17.9. The molecule has 1 aromatic carbocycles. The minimum atomic E-state index is -0.425. The number of aryl methyl sites for hydroxylation is 2. The van der Waals surface area contributed by atoms with Crippen LogP contribution in [0.3, 0.4) is 0 Å². The highest BCUT2D eigenvalue weighted by molar-refractivity contribution is 5.81. The van der Waals surface area contributed by atoms with Gasteiger partial charge < -0.3 is 19.3 Å². The third kappa shape index (κ3) is 6.08. The number of amides is 1. The van der Waals surface area contributed by atoms with Crippen LogP contribution in [0.2, 0.25) is 0 Å². The van der Waals surface area contributed by atoms with E-state index in [9.17, 15) is 9.59 Å². The van der Waals surface area contributed by atoms with Crippen LogP contribution in [-0.4, -0.2) is 29.7 Å². The Kier molecular flexibility index (Phi) is 7.49. The summed E-state index contributed by atoms with van der Waals surface area (Å²) in [5, 5.41) is 6.89. The van der Waals surface area contributed by atoms with Crippen molar-refractivity contribution >= 4 is 11.9 Å². The number of nitrogens with one attached hydrogen (secondary N) is 1. The van der Waals surface area contributed by atoms with Crippen LogP contribution >= 0.6 is 0 Å². The molecule has 1 aliphatic carbocycles. The zero-order valence-electron chi connectivity index (χ0n) is 17.9. The molecule has 1 heterocycles. The molecule has 0 aliphatic heterocycles. The van der Waals surface area contributed by atoms with Gasteiger partial charge in [-0.3, -0.25) is 9.59 Å². The number of benzene rings is 1. The number of aromatic nitrogens is 1. The summed E-state index contributed by atoms with van der Waals surface area (Å²) in [6.07, 6.45) is 4.57. The van der Waals surface area contributed by atoms with Crippen molar-refractivity contribution in [2.24, 2.45) is 5.92 Å². The van der Waals surface area contributed by atoms with Crippen LogP contribution in [-0.2, 0) is 27.4 Å². The maximum atomic E-state index is 12.1. The Balaban J connectivity index is 1.40. The Bertz CT molecular complexity index is 839. The quantitative estimate of drug-likeness (QED) is 0.663. The van der Waals surface area contributed by atoms with Crippen molar-refractivity contribution in [2.45, 2.75) is 65.5 Å². The van der Waals surface area contributed by atoms with Crippen LogP contribution in [0.25, 0.3) is 0 Å². The van der Waals surface area contributed by atoms with Crippen LogP contribution in [0, 0.1) is 19.8 Å². The first-order valence-electron chi connectivity index (χ1n) is 10.5. The first-order chi connectivity index (χ1) is 14.4. The van der Waals surface area contributed by atoms with E-state index in [0.29, 0.717) is 18.3 Å². The van der Waals surface area contributed by atoms with Gasteiger partial charge >= 0.3 is 5.97 Å². The number of hydrogen-bond donors (Lipinski definition) is 1. The molecule has 1 fully saturated rings. The Hall–Kier alpha value is -2.83. The third-order valence-electron chi connectivity index (χ3n) is 5.66. The number of carbonyl (C=O) groups is 2. The van der Waals surface area contributed by atoms with E-state index in [4.69, 9.17) is 14.0 Å². The van der Waals surface area contributed by atoms with E-state index in [-0.39, 0.29) is 25.0 Å². The molecule has 1 aromatic heterocycles. The summed E-state index contributed by atoms with van der Waals surface area (Å²) in [6.45, 7) is 6.01. The summed E-state index contributed by atoms with van der Waals surface area (Å²) < 4.78 is 16.0. The van der Waals surface area contributed by atoms with Gasteiger partial charge in [0.15, 0.2) is 6.61 Å². The lowest BCUT2D eigenvalue weighted by atomic mass is 9.86. The van der Waals surface area contributed by atoms with E-state index in [1.165, 1.54) is 6.42 Å². The lowest BCUT2D eigenvalue weighted by Crippen LogP contribution is -2.42. The molecule has 0 spiro atoms. The Morgan fingerprint density at radius 1 is 1.17 bits per heavy atom. The highest BCUT2D eigenvalue weighted by atomic mass is 16.5. The van der Waals surface area contributed by atoms with Gasteiger partial charge in [0.2, 0.25) is 0 Å². The van der Waals surface area contributed by atoms with Gasteiger partial charge in [-0.1, -0.05) is 37.1 Å². The van der Waals surface area contributed by atoms with Gasteiger partial charge in [-0.05, 0) is 50.3 Å². The van der Waals surface area contributed by atoms with Crippen molar-refractivity contribution in [1.29, 1.82) is 0 Å². The fourth-order valence-electron chi connectivity index (χ4n) is 3.71. The molecule has 1 N–H and O–H groups in total. The predicted molar refractivity (Wildman–Crippen MR) is 111 cm³/mol. The van der Waals surface area contributed by atoms with Gasteiger partial charge in [0.25, 0.3) is 5.91 Å². The predicted octanol–water partition coefficient (Wildman–Crippen LogP) is 3.65. The first kappa shape index (κ1) is 21.9. The topological polar surface area (TPSA) is 90.7 Å². The molecule has 0 saturated heterocycles. The van der Waals surface area contributed by atoms with Gasteiger partial charge in [-0.25, -0.2) is 0 Å². The van der Waals surface area contributed by atoms with Crippen LogP contribution in [0.15, 0.2) is 28.8 Å². The van der Waals surface area contributed by atoms with Crippen molar-refractivity contribution in [3.8, 4) is 5.75 Å². The van der Waals surface area contributed by atoms with Crippen LogP contribution in [0.5, 0.6) is 5.75 Å². The molecule has 2 aromatic rings. The van der Waals surface area contributed by atoms with E-state index in [0.717, 1.165) is 41.8 Å². The second-order valence-corrected chi connectivity index (χ2v) is 8.01. The fraction of sp³-hybridized carbons (Fsp3) is 0.522. The second-order valence-electron chi connectivity index (χ2n) is 8.01. The molecule has 2 atom stereocenters.